The summed E-state index contributed by atoms with van der Waals surface area (Å²) in [6, 6.07) is 18.3. The zero-order valence-corrected chi connectivity index (χ0v) is 13.3. The highest BCUT2D eigenvalue weighted by molar-refractivity contribution is 5.40. The van der Waals surface area contributed by atoms with Crippen LogP contribution in [0.4, 0.5) is 0 Å². The van der Waals surface area contributed by atoms with Crippen LogP contribution in [-0.2, 0) is 6.42 Å². The van der Waals surface area contributed by atoms with E-state index in [-0.39, 0.29) is 5.41 Å². The summed E-state index contributed by atoms with van der Waals surface area (Å²) in [5.41, 5.74) is 2.14. The van der Waals surface area contributed by atoms with Crippen LogP contribution in [0.5, 0.6) is 5.75 Å². The molecule has 1 nitrogen and oxygen atoms in total. The second kappa shape index (κ2) is 7.52. The molecule has 0 saturated carbocycles. The van der Waals surface area contributed by atoms with Crippen molar-refractivity contribution in [2.75, 3.05) is 7.11 Å². The van der Waals surface area contributed by atoms with Crippen molar-refractivity contribution in [1.29, 1.82) is 0 Å². The number of hydrogen-bond donors (Lipinski definition) is 0. The lowest BCUT2D eigenvalue weighted by Gasteiger charge is -2.18. The molecule has 2 aromatic rings. The SMILES string of the molecule is C=C[C@@](C)(C#Cc1ccc(OC)cc1)CCc1ccccc1. The van der Waals surface area contributed by atoms with E-state index >= 15 is 0 Å². The minimum absolute atomic E-state index is 0.185. The maximum atomic E-state index is 5.16. The average Bonchev–Trinajstić information content (AvgIpc) is 2.59. The Morgan fingerprint density at radius 2 is 1.77 bits per heavy atom. The minimum Gasteiger partial charge on any atom is -0.497 e. The Kier molecular flexibility index (Phi) is 5.44. The first-order chi connectivity index (χ1) is 10.6. The van der Waals surface area contributed by atoms with E-state index in [0.717, 1.165) is 24.2 Å². The largest absolute Gasteiger partial charge is 0.497 e. The lowest BCUT2D eigenvalue weighted by atomic mass is 9.84. The van der Waals surface area contributed by atoms with Gasteiger partial charge in [-0.3, -0.25) is 0 Å². The van der Waals surface area contributed by atoms with Crippen molar-refractivity contribution >= 4 is 0 Å². The zero-order chi connectivity index (χ0) is 15.8. The second-order valence-corrected chi connectivity index (χ2v) is 5.59. The average molecular weight is 290 g/mol. The number of rotatable bonds is 5. The molecule has 112 valence electrons. The molecule has 0 radical (unpaired) electrons. The van der Waals surface area contributed by atoms with E-state index in [1.165, 1.54) is 5.56 Å². The summed E-state index contributed by atoms with van der Waals surface area (Å²) in [4.78, 5) is 0. The molecular formula is C21H22O. The monoisotopic (exact) mass is 290 g/mol. The Balaban J connectivity index is 2.06. The van der Waals surface area contributed by atoms with Crippen LogP contribution in [0.25, 0.3) is 0 Å². The number of hydrogen-bond acceptors (Lipinski definition) is 1. The molecule has 0 bridgehead atoms. The topological polar surface area (TPSA) is 9.23 Å². The lowest BCUT2D eigenvalue weighted by molar-refractivity contribution is 0.415. The van der Waals surface area contributed by atoms with Crippen LogP contribution in [0.15, 0.2) is 67.3 Å². The number of ether oxygens (including phenoxy) is 1. The van der Waals surface area contributed by atoms with E-state index in [1.807, 2.05) is 36.4 Å². The summed E-state index contributed by atoms with van der Waals surface area (Å²) in [7, 11) is 1.67. The molecule has 0 heterocycles. The molecule has 0 spiro atoms. The van der Waals surface area contributed by atoms with Crippen molar-refractivity contribution in [2.24, 2.45) is 5.41 Å². The molecule has 0 amide bonds. The minimum atomic E-state index is -0.185. The summed E-state index contributed by atoms with van der Waals surface area (Å²) in [5, 5.41) is 0. The third-order valence-electron chi connectivity index (χ3n) is 3.81. The fraction of sp³-hybridized carbons (Fsp3) is 0.238. The van der Waals surface area contributed by atoms with E-state index < -0.39 is 0 Å². The highest BCUT2D eigenvalue weighted by Gasteiger charge is 2.16. The van der Waals surface area contributed by atoms with E-state index in [2.05, 4.69) is 49.6 Å². The van der Waals surface area contributed by atoms with E-state index in [9.17, 15) is 0 Å². The lowest BCUT2D eigenvalue weighted by Crippen LogP contribution is -2.11. The predicted molar refractivity (Wildman–Crippen MR) is 92.9 cm³/mol. The van der Waals surface area contributed by atoms with E-state index in [0.29, 0.717) is 0 Å². The van der Waals surface area contributed by atoms with Gasteiger partial charge in [-0.1, -0.05) is 48.2 Å². The van der Waals surface area contributed by atoms with Crippen molar-refractivity contribution in [3.05, 3.63) is 78.4 Å². The zero-order valence-electron chi connectivity index (χ0n) is 13.3. The molecule has 0 N–H and O–H groups in total. The Bertz CT molecular complexity index is 659. The highest BCUT2D eigenvalue weighted by Crippen LogP contribution is 2.24. The molecule has 1 heteroatoms. The van der Waals surface area contributed by atoms with Crippen molar-refractivity contribution in [1.82, 2.24) is 0 Å². The highest BCUT2D eigenvalue weighted by atomic mass is 16.5. The van der Waals surface area contributed by atoms with Crippen LogP contribution in [-0.4, -0.2) is 7.11 Å². The molecule has 1 atom stereocenters. The maximum Gasteiger partial charge on any atom is 0.118 e. The first kappa shape index (κ1) is 15.9. The maximum absolute atomic E-state index is 5.16. The van der Waals surface area contributed by atoms with Gasteiger partial charge in [-0.25, -0.2) is 0 Å². The molecule has 22 heavy (non-hydrogen) atoms. The Labute approximate surface area is 133 Å². The Morgan fingerprint density at radius 3 is 2.36 bits per heavy atom. The first-order valence-corrected chi connectivity index (χ1v) is 7.50. The normalized spacial score (nSPS) is 12.6. The third-order valence-corrected chi connectivity index (χ3v) is 3.81. The fourth-order valence-corrected chi connectivity index (χ4v) is 2.15. The molecule has 0 aliphatic rings. The molecule has 0 aromatic heterocycles. The van der Waals surface area contributed by atoms with Gasteiger partial charge in [-0.05, 0) is 49.6 Å². The van der Waals surface area contributed by atoms with Gasteiger partial charge >= 0.3 is 0 Å². The predicted octanol–water partition coefficient (Wildman–Crippen LogP) is 4.87. The number of benzene rings is 2. The summed E-state index contributed by atoms with van der Waals surface area (Å²) >= 11 is 0. The van der Waals surface area contributed by atoms with Crippen LogP contribution in [0, 0.1) is 17.3 Å². The van der Waals surface area contributed by atoms with Gasteiger partial charge in [0.1, 0.15) is 5.75 Å². The van der Waals surface area contributed by atoms with Gasteiger partial charge < -0.3 is 4.74 Å². The van der Waals surface area contributed by atoms with Gasteiger partial charge in [0.2, 0.25) is 0 Å². The fourth-order valence-electron chi connectivity index (χ4n) is 2.15. The van der Waals surface area contributed by atoms with Crippen LogP contribution >= 0.6 is 0 Å². The number of allylic oxidation sites excluding steroid dienone is 1. The summed E-state index contributed by atoms with van der Waals surface area (Å²) in [5.74, 6) is 7.46. The Morgan fingerprint density at radius 1 is 1.09 bits per heavy atom. The Hall–Kier alpha value is -2.46. The van der Waals surface area contributed by atoms with Gasteiger partial charge in [0.15, 0.2) is 0 Å². The molecule has 0 saturated heterocycles. The first-order valence-electron chi connectivity index (χ1n) is 7.50. The van der Waals surface area contributed by atoms with Crippen LogP contribution < -0.4 is 4.74 Å². The van der Waals surface area contributed by atoms with Crippen LogP contribution in [0.1, 0.15) is 24.5 Å². The van der Waals surface area contributed by atoms with Crippen molar-refractivity contribution in [3.8, 4) is 17.6 Å². The van der Waals surface area contributed by atoms with Crippen molar-refractivity contribution < 1.29 is 4.74 Å². The quantitative estimate of drug-likeness (QED) is 0.564. The summed E-state index contributed by atoms with van der Waals surface area (Å²) in [6.07, 6.45) is 3.91. The second-order valence-electron chi connectivity index (χ2n) is 5.59. The number of aryl methyl sites for hydroxylation is 1. The van der Waals surface area contributed by atoms with Crippen molar-refractivity contribution in [2.45, 2.75) is 19.8 Å². The molecule has 0 aliphatic heterocycles. The van der Waals surface area contributed by atoms with Crippen LogP contribution in [0.2, 0.25) is 0 Å². The molecule has 2 aromatic carbocycles. The molecule has 0 fully saturated rings. The summed E-state index contributed by atoms with van der Waals surface area (Å²) in [6.45, 7) is 6.10. The standard InChI is InChI=1S/C21H22O/c1-4-21(2,16-14-18-8-6-5-7-9-18)17-15-19-10-12-20(22-3)13-11-19/h4-13H,1,14,16H2,2-3H3/t21-/m1/s1. The van der Waals surface area contributed by atoms with Gasteiger partial charge in [0.25, 0.3) is 0 Å². The molecule has 0 aliphatic carbocycles. The van der Waals surface area contributed by atoms with E-state index in [4.69, 9.17) is 4.74 Å². The smallest absolute Gasteiger partial charge is 0.118 e. The van der Waals surface area contributed by atoms with E-state index in [1.54, 1.807) is 7.11 Å². The van der Waals surface area contributed by atoms with Crippen LogP contribution in [0.3, 0.4) is 0 Å². The third kappa shape index (κ3) is 4.53. The van der Waals surface area contributed by atoms with Gasteiger partial charge in [0.05, 0.1) is 7.11 Å². The molecule has 2 rings (SSSR count). The molecule has 0 unspecified atom stereocenters. The van der Waals surface area contributed by atoms with Gasteiger partial charge in [-0.15, -0.1) is 6.58 Å². The van der Waals surface area contributed by atoms with Gasteiger partial charge in [-0.2, -0.15) is 0 Å². The summed E-state index contributed by atoms with van der Waals surface area (Å²) < 4.78 is 5.16. The number of methoxy groups -OCH3 is 1. The van der Waals surface area contributed by atoms with Crippen molar-refractivity contribution in [3.63, 3.8) is 0 Å². The molecular weight excluding hydrogens is 268 g/mol. The van der Waals surface area contributed by atoms with Gasteiger partial charge in [0, 0.05) is 11.0 Å².